The van der Waals surface area contributed by atoms with E-state index in [1.165, 1.54) is 0 Å². The van der Waals surface area contributed by atoms with Crippen molar-refractivity contribution in [1.82, 2.24) is 10.2 Å². The van der Waals surface area contributed by atoms with Crippen LogP contribution in [0.25, 0.3) is 0 Å². The number of nitrogens with zero attached hydrogens (tertiary/aromatic N) is 1. The number of ether oxygens (including phenoxy) is 1. The van der Waals surface area contributed by atoms with Gasteiger partial charge < -0.3 is 15.0 Å². The largest absolute Gasteiger partial charge is 0.379 e. The van der Waals surface area contributed by atoms with Crippen LogP contribution in [0.4, 0.5) is 0 Å². The SMILES string of the molecule is CCN(Cc1ccccc1)C(=O)C1COCC1NC. The highest BCUT2D eigenvalue weighted by Crippen LogP contribution is 2.18. The van der Waals surface area contributed by atoms with Crippen LogP contribution >= 0.6 is 0 Å². The summed E-state index contributed by atoms with van der Waals surface area (Å²) in [4.78, 5) is 14.5. The highest BCUT2D eigenvalue weighted by Gasteiger charge is 2.35. The Morgan fingerprint density at radius 2 is 2.11 bits per heavy atom. The molecule has 0 bridgehead atoms. The van der Waals surface area contributed by atoms with Crippen LogP contribution in [0.3, 0.4) is 0 Å². The van der Waals surface area contributed by atoms with Gasteiger partial charge in [0.25, 0.3) is 0 Å². The standard InChI is InChI=1S/C15H22N2O2/c1-3-17(9-12-7-5-4-6-8-12)15(18)13-10-19-11-14(13)16-2/h4-8,13-14,16H,3,9-11H2,1-2H3. The van der Waals surface area contributed by atoms with Gasteiger partial charge in [0.15, 0.2) is 0 Å². The minimum atomic E-state index is -0.0614. The number of amides is 1. The van der Waals surface area contributed by atoms with Crippen molar-refractivity contribution in [1.29, 1.82) is 0 Å². The van der Waals surface area contributed by atoms with Crippen molar-refractivity contribution in [3.05, 3.63) is 35.9 Å². The van der Waals surface area contributed by atoms with E-state index in [4.69, 9.17) is 4.74 Å². The Bertz CT molecular complexity index is 408. The first-order valence-electron chi connectivity index (χ1n) is 6.84. The molecule has 0 spiro atoms. The highest BCUT2D eigenvalue weighted by molar-refractivity contribution is 5.80. The van der Waals surface area contributed by atoms with Gasteiger partial charge in [0, 0.05) is 19.1 Å². The summed E-state index contributed by atoms with van der Waals surface area (Å²) >= 11 is 0. The normalized spacial score (nSPS) is 22.4. The van der Waals surface area contributed by atoms with E-state index in [0.29, 0.717) is 19.8 Å². The smallest absolute Gasteiger partial charge is 0.229 e. The number of carbonyl (C=O) groups is 1. The molecule has 2 rings (SSSR count). The van der Waals surface area contributed by atoms with Crippen LogP contribution in [0.1, 0.15) is 12.5 Å². The molecule has 1 aromatic rings. The zero-order valence-corrected chi connectivity index (χ0v) is 11.6. The van der Waals surface area contributed by atoms with Crippen LogP contribution in [0.15, 0.2) is 30.3 Å². The number of benzene rings is 1. The molecule has 0 aromatic heterocycles. The molecular formula is C15H22N2O2. The van der Waals surface area contributed by atoms with Gasteiger partial charge in [-0.3, -0.25) is 4.79 Å². The second-order valence-electron chi connectivity index (χ2n) is 4.88. The summed E-state index contributed by atoms with van der Waals surface area (Å²) in [6, 6.07) is 10.2. The lowest BCUT2D eigenvalue weighted by atomic mass is 10.0. The fourth-order valence-corrected chi connectivity index (χ4v) is 2.47. The predicted octanol–water partition coefficient (Wildman–Crippen LogP) is 1.27. The van der Waals surface area contributed by atoms with Crippen LogP contribution in [0.2, 0.25) is 0 Å². The maximum atomic E-state index is 12.6. The molecule has 19 heavy (non-hydrogen) atoms. The number of hydrogen-bond donors (Lipinski definition) is 1. The van der Waals surface area contributed by atoms with E-state index < -0.39 is 0 Å². The van der Waals surface area contributed by atoms with Crippen LogP contribution in [-0.2, 0) is 16.1 Å². The van der Waals surface area contributed by atoms with E-state index >= 15 is 0 Å². The van der Waals surface area contributed by atoms with Crippen molar-refractivity contribution in [2.75, 3.05) is 26.8 Å². The third-order valence-electron chi connectivity index (χ3n) is 3.68. The fourth-order valence-electron chi connectivity index (χ4n) is 2.47. The van der Waals surface area contributed by atoms with Crippen molar-refractivity contribution in [3.8, 4) is 0 Å². The number of rotatable bonds is 5. The molecule has 1 saturated heterocycles. The Morgan fingerprint density at radius 1 is 1.37 bits per heavy atom. The minimum Gasteiger partial charge on any atom is -0.379 e. The molecular weight excluding hydrogens is 240 g/mol. The molecule has 4 heteroatoms. The van der Waals surface area contributed by atoms with Crippen LogP contribution in [-0.4, -0.2) is 43.7 Å². The Hall–Kier alpha value is -1.39. The molecule has 1 amide bonds. The third-order valence-corrected chi connectivity index (χ3v) is 3.68. The zero-order valence-electron chi connectivity index (χ0n) is 11.6. The molecule has 2 unspecified atom stereocenters. The van der Waals surface area contributed by atoms with E-state index in [9.17, 15) is 4.79 Å². The second kappa shape index (κ2) is 6.68. The average molecular weight is 262 g/mol. The number of nitrogens with one attached hydrogen (secondary N) is 1. The van der Waals surface area contributed by atoms with Crippen molar-refractivity contribution in [2.45, 2.75) is 19.5 Å². The van der Waals surface area contributed by atoms with Gasteiger partial charge >= 0.3 is 0 Å². The zero-order chi connectivity index (χ0) is 13.7. The predicted molar refractivity (Wildman–Crippen MR) is 74.7 cm³/mol. The Balaban J connectivity index is 2.03. The molecule has 1 aromatic carbocycles. The van der Waals surface area contributed by atoms with E-state index in [-0.39, 0.29) is 17.9 Å². The van der Waals surface area contributed by atoms with Gasteiger partial charge in [-0.1, -0.05) is 30.3 Å². The van der Waals surface area contributed by atoms with Gasteiger partial charge in [-0.05, 0) is 19.5 Å². The number of likely N-dealkylation sites (N-methyl/N-ethyl adjacent to an activating group) is 1. The summed E-state index contributed by atoms with van der Waals surface area (Å²) in [5.41, 5.74) is 1.16. The Labute approximate surface area is 114 Å². The second-order valence-corrected chi connectivity index (χ2v) is 4.88. The number of carbonyl (C=O) groups excluding carboxylic acids is 1. The summed E-state index contributed by atoms with van der Waals surface area (Å²) < 4.78 is 5.42. The van der Waals surface area contributed by atoms with Gasteiger partial charge in [0.05, 0.1) is 19.1 Å². The lowest BCUT2D eigenvalue weighted by molar-refractivity contribution is -0.136. The lowest BCUT2D eigenvalue weighted by Crippen LogP contribution is -2.44. The lowest BCUT2D eigenvalue weighted by Gasteiger charge is -2.26. The maximum Gasteiger partial charge on any atom is 0.229 e. The highest BCUT2D eigenvalue weighted by atomic mass is 16.5. The minimum absolute atomic E-state index is 0.0614. The first-order chi connectivity index (χ1) is 9.26. The molecule has 1 fully saturated rings. The first kappa shape index (κ1) is 14.0. The summed E-state index contributed by atoms with van der Waals surface area (Å²) in [7, 11) is 1.88. The molecule has 0 aliphatic carbocycles. The van der Waals surface area contributed by atoms with E-state index in [1.54, 1.807) is 0 Å². The number of hydrogen-bond acceptors (Lipinski definition) is 3. The Kier molecular flexibility index (Phi) is 4.93. The summed E-state index contributed by atoms with van der Waals surface area (Å²) in [6.07, 6.45) is 0. The molecule has 2 atom stereocenters. The topological polar surface area (TPSA) is 41.6 Å². The average Bonchev–Trinajstić information content (AvgIpc) is 2.93. The fraction of sp³-hybridized carbons (Fsp3) is 0.533. The van der Waals surface area contributed by atoms with E-state index in [0.717, 1.165) is 12.1 Å². The van der Waals surface area contributed by atoms with Gasteiger partial charge in [0.2, 0.25) is 5.91 Å². The van der Waals surface area contributed by atoms with Gasteiger partial charge in [-0.25, -0.2) is 0 Å². The molecule has 1 aliphatic heterocycles. The molecule has 1 aliphatic rings. The maximum absolute atomic E-state index is 12.6. The molecule has 1 heterocycles. The summed E-state index contributed by atoms with van der Waals surface area (Å²) in [5, 5.41) is 3.17. The monoisotopic (exact) mass is 262 g/mol. The van der Waals surface area contributed by atoms with Gasteiger partial charge in [-0.2, -0.15) is 0 Å². The molecule has 4 nitrogen and oxygen atoms in total. The molecule has 0 radical (unpaired) electrons. The molecule has 0 saturated carbocycles. The van der Waals surface area contributed by atoms with Crippen LogP contribution in [0, 0.1) is 5.92 Å². The summed E-state index contributed by atoms with van der Waals surface area (Å²) in [5.74, 6) is 0.122. The summed E-state index contributed by atoms with van der Waals surface area (Å²) in [6.45, 7) is 4.56. The molecule has 1 N–H and O–H groups in total. The van der Waals surface area contributed by atoms with Gasteiger partial charge in [0.1, 0.15) is 0 Å². The quantitative estimate of drug-likeness (QED) is 0.869. The van der Waals surface area contributed by atoms with E-state index in [1.807, 2.05) is 37.1 Å². The Morgan fingerprint density at radius 3 is 2.74 bits per heavy atom. The van der Waals surface area contributed by atoms with Crippen molar-refractivity contribution in [3.63, 3.8) is 0 Å². The van der Waals surface area contributed by atoms with E-state index in [2.05, 4.69) is 17.4 Å². The van der Waals surface area contributed by atoms with Crippen LogP contribution in [0.5, 0.6) is 0 Å². The molecule has 104 valence electrons. The first-order valence-corrected chi connectivity index (χ1v) is 6.84. The van der Waals surface area contributed by atoms with Crippen molar-refractivity contribution in [2.24, 2.45) is 5.92 Å². The third kappa shape index (κ3) is 3.33. The van der Waals surface area contributed by atoms with Gasteiger partial charge in [-0.15, -0.1) is 0 Å². The van der Waals surface area contributed by atoms with Crippen molar-refractivity contribution < 1.29 is 9.53 Å². The van der Waals surface area contributed by atoms with Crippen molar-refractivity contribution >= 4 is 5.91 Å². The van der Waals surface area contributed by atoms with Crippen LogP contribution < -0.4 is 5.32 Å².